The van der Waals surface area contributed by atoms with Crippen molar-refractivity contribution in [1.82, 2.24) is 10.3 Å². The average Bonchev–Trinajstić information content (AvgIpc) is 3.00. The Morgan fingerprint density at radius 3 is 2.81 bits per heavy atom. The van der Waals surface area contributed by atoms with Crippen molar-refractivity contribution >= 4 is 17.7 Å². The molecule has 1 aromatic carbocycles. The summed E-state index contributed by atoms with van der Waals surface area (Å²) in [5.74, 6) is -0.383. The van der Waals surface area contributed by atoms with Gasteiger partial charge in [-0.25, -0.2) is 4.79 Å². The standard InChI is InChI=1S/C17H14F3N3O3/c18-17(19,20)12-4-1-5-13(7-12)23-10-14(26-16(23)25)9-22-15(24)11-3-2-6-21-8-11/h1-8,14H,9-10H2,(H,22,24). The Balaban J connectivity index is 1.63. The second-order valence-corrected chi connectivity index (χ2v) is 5.62. The number of hydrogen-bond acceptors (Lipinski definition) is 4. The number of pyridine rings is 1. The molecule has 0 bridgehead atoms. The molecule has 0 saturated carbocycles. The van der Waals surface area contributed by atoms with E-state index in [4.69, 9.17) is 4.74 Å². The summed E-state index contributed by atoms with van der Waals surface area (Å²) in [7, 11) is 0. The molecule has 0 radical (unpaired) electrons. The number of rotatable bonds is 4. The van der Waals surface area contributed by atoms with Gasteiger partial charge >= 0.3 is 12.3 Å². The number of carbonyl (C=O) groups excluding carboxylic acids is 2. The van der Waals surface area contributed by atoms with Crippen LogP contribution in [0.3, 0.4) is 0 Å². The fourth-order valence-corrected chi connectivity index (χ4v) is 2.49. The Labute approximate surface area is 146 Å². The number of halogens is 3. The lowest BCUT2D eigenvalue weighted by Gasteiger charge is -2.15. The average molecular weight is 365 g/mol. The minimum atomic E-state index is -4.50. The first-order chi connectivity index (χ1) is 12.3. The van der Waals surface area contributed by atoms with Crippen LogP contribution in [-0.2, 0) is 10.9 Å². The summed E-state index contributed by atoms with van der Waals surface area (Å²) in [5, 5.41) is 2.61. The van der Waals surface area contributed by atoms with Crippen LogP contribution in [-0.4, -0.2) is 36.2 Å². The molecular weight excluding hydrogens is 351 g/mol. The SMILES string of the molecule is O=C(NCC1CN(c2cccc(C(F)(F)F)c2)C(=O)O1)c1cccnc1. The highest BCUT2D eigenvalue weighted by Gasteiger charge is 2.35. The highest BCUT2D eigenvalue weighted by atomic mass is 19.4. The van der Waals surface area contributed by atoms with E-state index >= 15 is 0 Å². The van der Waals surface area contributed by atoms with E-state index in [-0.39, 0.29) is 24.7 Å². The number of anilines is 1. The summed E-state index contributed by atoms with van der Waals surface area (Å²) in [4.78, 5) is 28.9. The summed E-state index contributed by atoms with van der Waals surface area (Å²) in [6, 6.07) is 7.63. The van der Waals surface area contributed by atoms with Gasteiger partial charge in [-0.3, -0.25) is 14.7 Å². The number of benzene rings is 1. The Morgan fingerprint density at radius 1 is 1.31 bits per heavy atom. The lowest BCUT2D eigenvalue weighted by molar-refractivity contribution is -0.137. The van der Waals surface area contributed by atoms with Crippen LogP contribution in [0, 0.1) is 0 Å². The van der Waals surface area contributed by atoms with Crippen molar-refractivity contribution in [2.45, 2.75) is 12.3 Å². The first kappa shape index (κ1) is 17.7. The van der Waals surface area contributed by atoms with E-state index in [1.165, 1.54) is 24.5 Å². The lowest BCUT2D eigenvalue weighted by atomic mass is 10.2. The number of ether oxygens (including phenoxy) is 1. The molecule has 2 aromatic rings. The summed E-state index contributed by atoms with van der Waals surface area (Å²) >= 11 is 0. The van der Waals surface area contributed by atoms with Gasteiger partial charge in [0.2, 0.25) is 0 Å². The molecule has 2 amide bonds. The largest absolute Gasteiger partial charge is 0.442 e. The van der Waals surface area contributed by atoms with Gasteiger partial charge in [-0.05, 0) is 30.3 Å². The van der Waals surface area contributed by atoms with Crippen molar-refractivity contribution in [1.29, 1.82) is 0 Å². The van der Waals surface area contributed by atoms with Crippen LogP contribution in [0.25, 0.3) is 0 Å². The number of hydrogen-bond donors (Lipinski definition) is 1. The van der Waals surface area contributed by atoms with Crippen LogP contribution in [0.4, 0.5) is 23.7 Å². The van der Waals surface area contributed by atoms with E-state index < -0.39 is 23.9 Å². The molecule has 136 valence electrons. The topological polar surface area (TPSA) is 71.5 Å². The maximum absolute atomic E-state index is 12.8. The number of amides is 2. The first-order valence-electron chi connectivity index (χ1n) is 7.68. The van der Waals surface area contributed by atoms with Gasteiger partial charge in [0.15, 0.2) is 0 Å². The Bertz CT molecular complexity index is 812. The predicted molar refractivity (Wildman–Crippen MR) is 85.6 cm³/mol. The van der Waals surface area contributed by atoms with Crippen LogP contribution in [0.5, 0.6) is 0 Å². The van der Waals surface area contributed by atoms with E-state index in [0.717, 1.165) is 17.0 Å². The Morgan fingerprint density at radius 2 is 2.12 bits per heavy atom. The van der Waals surface area contributed by atoms with Gasteiger partial charge in [-0.15, -0.1) is 0 Å². The van der Waals surface area contributed by atoms with Gasteiger partial charge < -0.3 is 10.1 Å². The Kier molecular flexibility index (Phi) is 4.79. The molecule has 1 saturated heterocycles. The van der Waals surface area contributed by atoms with Gasteiger partial charge in [0.25, 0.3) is 5.91 Å². The minimum absolute atomic E-state index is 0.0352. The van der Waals surface area contributed by atoms with Crippen molar-refractivity contribution < 1.29 is 27.5 Å². The predicted octanol–water partition coefficient (Wildman–Crippen LogP) is 2.86. The summed E-state index contributed by atoms with van der Waals surface area (Å²) in [6.45, 7) is 0.0718. The number of nitrogens with zero attached hydrogens (tertiary/aromatic N) is 2. The zero-order valence-electron chi connectivity index (χ0n) is 13.4. The first-order valence-corrected chi connectivity index (χ1v) is 7.68. The smallest absolute Gasteiger partial charge is 0.416 e. The van der Waals surface area contributed by atoms with Crippen molar-refractivity contribution in [3.05, 3.63) is 59.9 Å². The monoisotopic (exact) mass is 365 g/mol. The molecule has 6 nitrogen and oxygen atoms in total. The van der Waals surface area contributed by atoms with Gasteiger partial charge in [-0.2, -0.15) is 13.2 Å². The molecule has 1 fully saturated rings. The maximum Gasteiger partial charge on any atom is 0.416 e. The molecule has 0 aliphatic carbocycles. The van der Waals surface area contributed by atoms with Crippen LogP contribution in [0.15, 0.2) is 48.8 Å². The van der Waals surface area contributed by atoms with Crippen molar-refractivity contribution in [2.24, 2.45) is 0 Å². The van der Waals surface area contributed by atoms with Gasteiger partial charge in [0.05, 0.1) is 24.2 Å². The number of cyclic esters (lactones) is 1. The molecule has 2 heterocycles. The summed E-state index contributed by atoms with van der Waals surface area (Å²) in [6.07, 6.45) is -3.01. The van der Waals surface area contributed by atoms with Crippen molar-refractivity contribution in [3.63, 3.8) is 0 Å². The van der Waals surface area contributed by atoms with Gasteiger partial charge in [0.1, 0.15) is 6.10 Å². The van der Waals surface area contributed by atoms with Crippen LogP contribution in [0.2, 0.25) is 0 Å². The van der Waals surface area contributed by atoms with Crippen LogP contribution < -0.4 is 10.2 Å². The maximum atomic E-state index is 12.8. The highest BCUT2D eigenvalue weighted by Crippen LogP contribution is 2.32. The van der Waals surface area contributed by atoms with Crippen molar-refractivity contribution in [2.75, 3.05) is 18.0 Å². The Hall–Kier alpha value is -3.10. The molecule has 1 atom stereocenters. The van der Waals surface area contributed by atoms with E-state index in [2.05, 4.69) is 10.3 Å². The molecule has 0 spiro atoms. The second kappa shape index (κ2) is 7.03. The fraction of sp³-hybridized carbons (Fsp3) is 0.235. The van der Waals surface area contributed by atoms with E-state index in [9.17, 15) is 22.8 Å². The van der Waals surface area contributed by atoms with E-state index in [0.29, 0.717) is 5.56 Å². The van der Waals surface area contributed by atoms with Crippen LogP contribution in [0.1, 0.15) is 15.9 Å². The molecular formula is C17H14F3N3O3. The molecule has 26 heavy (non-hydrogen) atoms. The van der Waals surface area contributed by atoms with E-state index in [1.54, 1.807) is 12.1 Å². The molecule has 9 heteroatoms. The highest BCUT2D eigenvalue weighted by molar-refractivity contribution is 5.94. The quantitative estimate of drug-likeness (QED) is 0.905. The van der Waals surface area contributed by atoms with E-state index in [1.807, 2.05) is 0 Å². The molecule has 1 aromatic heterocycles. The molecule has 1 aliphatic heterocycles. The van der Waals surface area contributed by atoms with Gasteiger partial charge in [-0.1, -0.05) is 6.07 Å². The number of nitrogens with one attached hydrogen (secondary N) is 1. The number of aromatic nitrogens is 1. The number of carbonyl (C=O) groups is 2. The summed E-state index contributed by atoms with van der Waals surface area (Å²) in [5.41, 5.74) is -0.409. The third-order valence-corrected chi connectivity index (χ3v) is 3.77. The summed E-state index contributed by atoms with van der Waals surface area (Å²) < 4.78 is 43.6. The molecule has 1 aliphatic rings. The zero-order valence-corrected chi connectivity index (χ0v) is 13.4. The van der Waals surface area contributed by atoms with Crippen LogP contribution >= 0.6 is 0 Å². The minimum Gasteiger partial charge on any atom is -0.442 e. The zero-order chi connectivity index (χ0) is 18.7. The van der Waals surface area contributed by atoms with Crippen molar-refractivity contribution in [3.8, 4) is 0 Å². The third kappa shape index (κ3) is 3.93. The molecule has 3 rings (SSSR count). The lowest BCUT2D eigenvalue weighted by Crippen LogP contribution is -2.34. The molecule has 1 unspecified atom stereocenters. The third-order valence-electron chi connectivity index (χ3n) is 3.77. The van der Waals surface area contributed by atoms with Gasteiger partial charge in [0, 0.05) is 18.1 Å². The molecule has 1 N–H and O–H groups in total. The normalized spacial score (nSPS) is 17.1. The fourth-order valence-electron chi connectivity index (χ4n) is 2.49. The second-order valence-electron chi connectivity index (χ2n) is 5.62. The number of alkyl halides is 3.